The van der Waals surface area contributed by atoms with Gasteiger partial charge in [0.15, 0.2) is 5.16 Å². The summed E-state index contributed by atoms with van der Waals surface area (Å²) in [5.41, 5.74) is 0. The minimum absolute atomic E-state index is 0.124. The first-order valence-electron chi connectivity index (χ1n) is 4.04. The molecule has 1 rings (SSSR count). The number of hydrogen-bond acceptors (Lipinski definition) is 6. The average molecular weight is 348 g/mol. The van der Waals surface area contributed by atoms with E-state index < -0.39 is 9.05 Å². The fourth-order valence-electron chi connectivity index (χ4n) is 0.781. The van der Waals surface area contributed by atoms with Crippen molar-refractivity contribution in [3.63, 3.8) is 0 Å². The maximum atomic E-state index is 10.7. The minimum atomic E-state index is -3.46. The zero-order valence-corrected chi connectivity index (χ0v) is 12.2. The highest BCUT2D eigenvalue weighted by molar-refractivity contribution is 9.10. The zero-order valence-electron chi connectivity index (χ0n) is 8.18. The molecule has 5 nitrogen and oxygen atoms in total. The molecule has 0 atom stereocenters. The van der Waals surface area contributed by atoms with Crippen LogP contribution in [-0.4, -0.2) is 37.0 Å². The van der Waals surface area contributed by atoms with Crippen LogP contribution in [0.25, 0.3) is 0 Å². The van der Waals surface area contributed by atoms with Crippen molar-refractivity contribution in [1.82, 2.24) is 9.97 Å². The van der Waals surface area contributed by atoms with Gasteiger partial charge in [-0.05, 0) is 15.9 Å². The third-order valence-corrected chi connectivity index (χ3v) is 4.26. The van der Waals surface area contributed by atoms with Gasteiger partial charge in [-0.2, -0.15) is 4.98 Å². The van der Waals surface area contributed by atoms with Crippen molar-refractivity contribution in [3.05, 3.63) is 10.7 Å². The second kappa shape index (κ2) is 6.04. The fraction of sp³-hybridized carbons (Fsp3) is 0.429. The molecule has 16 heavy (non-hydrogen) atoms. The maximum absolute atomic E-state index is 10.7. The molecule has 0 radical (unpaired) electrons. The standard InChI is InChI=1S/C7H8BrClN2O3S2/c1-14-6-5(8)4-10-7(11-6)15-2-3-16(9,12)13/h4H,2-3H2,1H3. The van der Waals surface area contributed by atoms with Gasteiger partial charge in [0, 0.05) is 22.6 Å². The number of halogens is 2. The molecule has 0 fully saturated rings. The summed E-state index contributed by atoms with van der Waals surface area (Å²) in [5, 5.41) is 0.445. The molecule has 0 aliphatic carbocycles. The largest absolute Gasteiger partial charge is 0.480 e. The lowest BCUT2D eigenvalue weighted by Gasteiger charge is -2.03. The summed E-state index contributed by atoms with van der Waals surface area (Å²) in [6.07, 6.45) is 1.55. The molecule has 0 spiro atoms. The quantitative estimate of drug-likeness (QED) is 0.460. The van der Waals surface area contributed by atoms with Crippen molar-refractivity contribution >= 4 is 47.4 Å². The van der Waals surface area contributed by atoms with Crippen LogP contribution < -0.4 is 4.74 Å². The Balaban J connectivity index is 2.61. The van der Waals surface area contributed by atoms with E-state index in [9.17, 15) is 8.42 Å². The molecule has 1 aromatic heterocycles. The van der Waals surface area contributed by atoms with Crippen LogP contribution in [0.3, 0.4) is 0 Å². The second-order valence-corrected chi connectivity index (χ2v) is 7.41. The van der Waals surface area contributed by atoms with Gasteiger partial charge in [0.2, 0.25) is 14.9 Å². The van der Waals surface area contributed by atoms with Gasteiger partial charge in [-0.1, -0.05) is 11.8 Å². The number of rotatable bonds is 5. The third-order valence-electron chi connectivity index (χ3n) is 1.44. The summed E-state index contributed by atoms with van der Waals surface area (Å²) < 4.78 is 27.0. The van der Waals surface area contributed by atoms with E-state index >= 15 is 0 Å². The Hall–Kier alpha value is -0.0500. The van der Waals surface area contributed by atoms with Crippen molar-refractivity contribution in [3.8, 4) is 5.88 Å². The molecule has 1 aromatic rings. The van der Waals surface area contributed by atoms with Gasteiger partial charge in [-0.15, -0.1) is 0 Å². The highest BCUT2D eigenvalue weighted by Gasteiger charge is 2.08. The van der Waals surface area contributed by atoms with Crippen molar-refractivity contribution in [1.29, 1.82) is 0 Å². The number of thioether (sulfide) groups is 1. The van der Waals surface area contributed by atoms with Gasteiger partial charge in [-0.25, -0.2) is 13.4 Å². The summed E-state index contributed by atoms with van der Waals surface area (Å²) in [4.78, 5) is 8.05. The molecule has 0 unspecified atom stereocenters. The van der Waals surface area contributed by atoms with E-state index in [0.29, 0.717) is 21.3 Å². The SMILES string of the molecule is COc1nc(SCCS(=O)(=O)Cl)ncc1Br. The van der Waals surface area contributed by atoms with E-state index in [2.05, 4.69) is 25.9 Å². The van der Waals surface area contributed by atoms with Crippen LogP contribution in [0, 0.1) is 0 Å². The van der Waals surface area contributed by atoms with Gasteiger partial charge >= 0.3 is 0 Å². The fourth-order valence-corrected chi connectivity index (χ4v) is 3.29. The lowest BCUT2D eigenvalue weighted by molar-refractivity contribution is 0.389. The number of ether oxygens (including phenoxy) is 1. The molecule has 0 N–H and O–H groups in total. The molecule has 0 aliphatic heterocycles. The number of aromatic nitrogens is 2. The minimum Gasteiger partial charge on any atom is -0.480 e. The van der Waals surface area contributed by atoms with Gasteiger partial charge < -0.3 is 4.74 Å². The summed E-state index contributed by atoms with van der Waals surface area (Å²) in [5.74, 6) is 0.587. The predicted octanol–water partition coefficient (Wildman–Crippen LogP) is 1.91. The molecular weight excluding hydrogens is 340 g/mol. The molecule has 0 bridgehead atoms. The zero-order chi connectivity index (χ0) is 12.2. The predicted molar refractivity (Wildman–Crippen MR) is 66.6 cm³/mol. The van der Waals surface area contributed by atoms with E-state index in [1.807, 2.05) is 0 Å². The Morgan fingerprint density at radius 2 is 2.31 bits per heavy atom. The monoisotopic (exact) mass is 346 g/mol. The molecule has 0 amide bonds. The van der Waals surface area contributed by atoms with E-state index in [4.69, 9.17) is 15.4 Å². The van der Waals surface area contributed by atoms with Gasteiger partial charge in [-0.3, -0.25) is 0 Å². The third kappa shape index (κ3) is 4.86. The molecule has 1 heterocycles. The van der Waals surface area contributed by atoms with E-state index in [1.54, 1.807) is 6.20 Å². The van der Waals surface area contributed by atoms with Crippen LogP contribution in [0.4, 0.5) is 0 Å². The van der Waals surface area contributed by atoms with Gasteiger partial charge in [0.1, 0.15) is 0 Å². The Kier molecular flexibility index (Phi) is 5.29. The second-order valence-electron chi connectivity index (χ2n) is 2.60. The molecule has 90 valence electrons. The Morgan fingerprint density at radius 3 is 2.88 bits per heavy atom. The van der Waals surface area contributed by atoms with Crippen LogP contribution in [0.2, 0.25) is 0 Å². The molecule has 0 aliphatic rings. The molecule has 0 aromatic carbocycles. The first-order valence-corrected chi connectivity index (χ1v) is 8.30. The van der Waals surface area contributed by atoms with E-state index in [1.165, 1.54) is 18.9 Å². The topological polar surface area (TPSA) is 69.2 Å². The van der Waals surface area contributed by atoms with E-state index in [-0.39, 0.29) is 5.75 Å². The Labute approximate surface area is 111 Å². The molecular formula is C7H8BrClN2O3S2. The summed E-state index contributed by atoms with van der Waals surface area (Å²) in [6.45, 7) is 0. The first kappa shape index (κ1) is 14.0. The van der Waals surface area contributed by atoms with Crippen molar-refractivity contribution in [2.24, 2.45) is 0 Å². The van der Waals surface area contributed by atoms with Crippen LogP contribution in [-0.2, 0) is 9.05 Å². The summed E-state index contributed by atoms with van der Waals surface area (Å²) in [7, 11) is 3.10. The van der Waals surface area contributed by atoms with Crippen LogP contribution in [0.1, 0.15) is 0 Å². The van der Waals surface area contributed by atoms with Crippen LogP contribution in [0.15, 0.2) is 15.8 Å². The lowest BCUT2D eigenvalue weighted by atomic mass is 10.6. The van der Waals surface area contributed by atoms with Crippen molar-refractivity contribution in [2.75, 3.05) is 18.6 Å². The normalized spacial score (nSPS) is 11.4. The molecule has 0 saturated carbocycles. The van der Waals surface area contributed by atoms with Crippen LogP contribution >= 0.6 is 38.4 Å². The smallest absolute Gasteiger partial charge is 0.233 e. The van der Waals surface area contributed by atoms with Crippen LogP contribution in [0.5, 0.6) is 5.88 Å². The molecule has 0 saturated heterocycles. The number of methoxy groups -OCH3 is 1. The Bertz CT molecular complexity index is 469. The first-order chi connectivity index (χ1) is 7.42. The van der Waals surface area contributed by atoms with Crippen molar-refractivity contribution in [2.45, 2.75) is 5.16 Å². The van der Waals surface area contributed by atoms with Gasteiger partial charge in [0.05, 0.1) is 17.3 Å². The van der Waals surface area contributed by atoms with Gasteiger partial charge in [0.25, 0.3) is 0 Å². The number of hydrogen-bond donors (Lipinski definition) is 0. The Morgan fingerprint density at radius 1 is 1.62 bits per heavy atom. The highest BCUT2D eigenvalue weighted by Crippen LogP contribution is 2.24. The average Bonchev–Trinajstić information content (AvgIpc) is 2.18. The number of nitrogens with zero attached hydrogens (tertiary/aromatic N) is 2. The molecule has 9 heteroatoms. The maximum Gasteiger partial charge on any atom is 0.233 e. The summed E-state index contributed by atoms with van der Waals surface area (Å²) in [6, 6.07) is 0. The van der Waals surface area contributed by atoms with Crippen molar-refractivity contribution < 1.29 is 13.2 Å². The van der Waals surface area contributed by atoms with E-state index in [0.717, 1.165) is 0 Å². The lowest BCUT2D eigenvalue weighted by Crippen LogP contribution is -2.01. The summed E-state index contributed by atoms with van der Waals surface area (Å²) >= 11 is 4.41. The highest BCUT2D eigenvalue weighted by atomic mass is 79.9.